The number of fused-ring (bicyclic) bond motifs is 1. The van der Waals surface area contributed by atoms with E-state index >= 15 is 0 Å². The van der Waals surface area contributed by atoms with E-state index in [2.05, 4.69) is 10.3 Å². The molecular formula is C18H23N3O5S. The standard InChI is InChI=1S/C18H23N3O5S/c1-4-25-17(23)16(18(24)26-5-2)20-15(22)10-21-13-9-7-6-8-12(13)19-14(21)11-27-3/h6-9,16H,4-5,10-11H2,1-3H3,(H,20,22). The number of para-hydroxylation sites is 2. The van der Waals surface area contributed by atoms with Gasteiger partial charge < -0.3 is 19.4 Å². The normalized spacial score (nSPS) is 10.8. The van der Waals surface area contributed by atoms with Crippen molar-refractivity contribution in [2.45, 2.75) is 32.2 Å². The van der Waals surface area contributed by atoms with Gasteiger partial charge in [0.2, 0.25) is 11.9 Å². The molecule has 1 N–H and O–H groups in total. The van der Waals surface area contributed by atoms with Gasteiger partial charge in [-0.25, -0.2) is 14.6 Å². The first kappa shape index (κ1) is 20.8. The summed E-state index contributed by atoms with van der Waals surface area (Å²) in [4.78, 5) is 41.1. The molecule has 0 atom stereocenters. The van der Waals surface area contributed by atoms with Crippen LogP contribution in [0, 0.1) is 0 Å². The minimum Gasteiger partial charge on any atom is -0.464 e. The largest absolute Gasteiger partial charge is 0.464 e. The molecule has 2 rings (SSSR count). The average Bonchev–Trinajstić information content (AvgIpc) is 2.98. The average molecular weight is 393 g/mol. The van der Waals surface area contributed by atoms with Gasteiger partial charge in [-0.3, -0.25) is 4.79 Å². The third-order valence-corrected chi connectivity index (χ3v) is 4.21. The van der Waals surface area contributed by atoms with E-state index in [4.69, 9.17) is 9.47 Å². The van der Waals surface area contributed by atoms with Gasteiger partial charge in [0.05, 0.1) is 30.0 Å². The first-order valence-corrected chi connectivity index (χ1v) is 9.96. The molecule has 1 aromatic heterocycles. The number of imidazole rings is 1. The number of rotatable bonds is 9. The molecule has 0 aliphatic rings. The molecule has 146 valence electrons. The van der Waals surface area contributed by atoms with E-state index < -0.39 is 23.9 Å². The van der Waals surface area contributed by atoms with Crippen LogP contribution in [0.3, 0.4) is 0 Å². The number of carbonyl (C=O) groups is 3. The molecular weight excluding hydrogens is 370 g/mol. The van der Waals surface area contributed by atoms with Gasteiger partial charge in [0.1, 0.15) is 12.4 Å². The fourth-order valence-electron chi connectivity index (χ4n) is 2.56. The maximum Gasteiger partial charge on any atom is 0.340 e. The SMILES string of the molecule is CCOC(=O)C(NC(=O)Cn1c(CSC)nc2ccccc21)C(=O)OCC. The predicted octanol–water partition coefficient (Wildman–Crippen LogP) is 1.51. The lowest BCUT2D eigenvalue weighted by molar-refractivity contribution is -0.159. The Morgan fingerprint density at radius 3 is 2.37 bits per heavy atom. The lowest BCUT2D eigenvalue weighted by Gasteiger charge is -2.16. The molecule has 0 saturated carbocycles. The molecule has 0 aliphatic heterocycles. The summed E-state index contributed by atoms with van der Waals surface area (Å²) < 4.78 is 11.5. The number of ether oxygens (including phenoxy) is 2. The van der Waals surface area contributed by atoms with Crippen molar-refractivity contribution >= 4 is 40.6 Å². The molecule has 0 fully saturated rings. The number of nitrogens with one attached hydrogen (secondary N) is 1. The fourth-order valence-corrected chi connectivity index (χ4v) is 3.04. The number of hydrogen-bond acceptors (Lipinski definition) is 7. The lowest BCUT2D eigenvalue weighted by Crippen LogP contribution is -2.49. The molecule has 0 bridgehead atoms. The molecule has 1 heterocycles. The summed E-state index contributed by atoms with van der Waals surface area (Å²) in [6.07, 6.45) is 1.95. The summed E-state index contributed by atoms with van der Waals surface area (Å²) in [7, 11) is 0. The first-order valence-electron chi connectivity index (χ1n) is 8.57. The summed E-state index contributed by atoms with van der Waals surface area (Å²) >= 11 is 1.58. The van der Waals surface area contributed by atoms with Gasteiger partial charge in [0.15, 0.2) is 0 Å². The number of carbonyl (C=O) groups excluding carboxylic acids is 3. The molecule has 27 heavy (non-hydrogen) atoms. The minimum atomic E-state index is -1.49. The zero-order valence-corrected chi connectivity index (χ0v) is 16.4. The number of esters is 2. The highest BCUT2D eigenvalue weighted by Gasteiger charge is 2.31. The fraction of sp³-hybridized carbons (Fsp3) is 0.444. The van der Waals surface area contributed by atoms with E-state index in [1.807, 2.05) is 30.5 Å². The summed E-state index contributed by atoms with van der Waals surface area (Å²) in [5.41, 5.74) is 1.59. The van der Waals surface area contributed by atoms with Gasteiger partial charge in [-0.15, -0.1) is 0 Å². The molecule has 0 unspecified atom stereocenters. The van der Waals surface area contributed by atoms with E-state index in [0.717, 1.165) is 16.9 Å². The molecule has 0 aliphatic carbocycles. The summed E-state index contributed by atoms with van der Waals surface area (Å²) in [6.45, 7) is 3.34. The van der Waals surface area contributed by atoms with Crippen molar-refractivity contribution in [3.63, 3.8) is 0 Å². The Morgan fingerprint density at radius 1 is 1.15 bits per heavy atom. The van der Waals surface area contributed by atoms with E-state index in [1.165, 1.54) is 0 Å². The second kappa shape index (κ2) is 9.96. The summed E-state index contributed by atoms with van der Waals surface area (Å²) in [5, 5.41) is 2.42. The van der Waals surface area contributed by atoms with Crippen molar-refractivity contribution < 1.29 is 23.9 Å². The third-order valence-electron chi connectivity index (χ3n) is 3.66. The van der Waals surface area contributed by atoms with Crippen molar-refractivity contribution in [1.82, 2.24) is 14.9 Å². The van der Waals surface area contributed by atoms with Crippen LogP contribution in [0.4, 0.5) is 0 Å². The van der Waals surface area contributed by atoms with Gasteiger partial charge in [-0.1, -0.05) is 12.1 Å². The Bertz CT molecular complexity index is 802. The number of thioether (sulfide) groups is 1. The Balaban J connectivity index is 2.22. The minimum absolute atomic E-state index is 0.0777. The number of nitrogens with zero attached hydrogens (tertiary/aromatic N) is 2. The third kappa shape index (κ3) is 5.22. The van der Waals surface area contributed by atoms with E-state index in [-0.39, 0.29) is 19.8 Å². The highest BCUT2D eigenvalue weighted by Crippen LogP contribution is 2.18. The van der Waals surface area contributed by atoms with E-state index in [0.29, 0.717) is 5.75 Å². The monoisotopic (exact) mass is 393 g/mol. The smallest absolute Gasteiger partial charge is 0.340 e. The Kier molecular flexibility index (Phi) is 7.66. The van der Waals surface area contributed by atoms with Crippen molar-refractivity contribution in [2.24, 2.45) is 0 Å². The Morgan fingerprint density at radius 2 is 1.78 bits per heavy atom. The molecule has 0 spiro atoms. The van der Waals surface area contributed by atoms with Crippen LogP contribution in [0.1, 0.15) is 19.7 Å². The van der Waals surface area contributed by atoms with Gasteiger partial charge in [0.25, 0.3) is 0 Å². The molecule has 2 aromatic rings. The van der Waals surface area contributed by atoms with Gasteiger partial charge in [0, 0.05) is 0 Å². The molecule has 9 heteroatoms. The van der Waals surface area contributed by atoms with Crippen LogP contribution >= 0.6 is 11.8 Å². The highest BCUT2D eigenvalue weighted by atomic mass is 32.2. The molecule has 0 radical (unpaired) electrons. The highest BCUT2D eigenvalue weighted by molar-refractivity contribution is 7.97. The van der Waals surface area contributed by atoms with E-state index in [9.17, 15) is 14.4 Å². The maximum atomic E-state index is 12.6. The van der Waals surface area contributed by atoms with Crippen LogP contribution in [-0.2, 0) is 36.2 Å². The van der Waals surface area contributed by atoms with Gasteiger partial charge >= 0.3 is 11.9 Å². The van der Waals surface area contributed by atoms with Crippen molar-refractivity contribution in [3.05, 3.63) is 30.1 Å². The van der Waals surface area contributed by atoms with Crippen LogP contribution in [0.5, 0.6) is 0 Å². The summed E-state index contributed by atoms with van der Waals surface area (Å²) in [5.74, 6) is -0.830. The Hall–Kier alpha value is -2.55. The molecule has 0 saturated heterocycles. The van der Waals surface area contributed by atoms with Gasteiger partial charge in [-0.2, -0.15) is 11.8 Å². The molecule has 1 aromatic carbocycles. The predicted molar refractivity (Wildman–Crippen MR) is 102 cm³/mol. The van der Waals surface area contributed by atoms with Crippen molar-refractivity contribution in [2.75, 3.05) is 19.5 Å². The number of benzene rings is 1. The summed E-state index contributed by atoms with van der Waals surface area (Å²) in [6, 6.07) is 5.99. The van der Waals surface area contributed by atoms with Gasteiger partial charge in [-0.05, 0) is 32.2 Å². The van der Waals surface area contributed by atoms with E-state index in [1.54, 1.807) is 30.2 Å². The van der Waals surface area contributed by atoms with Crippen molar-refractivity contribution in [1.29, 1.82) is 0 Å². The van der Waals surface area contributed by atoms with Crippen LogP contribution in [0.2, 0.25) is 0 Å². The van der Waals surface area contributed by atoms with Crippen molar-refractivity contribution in [3.8, 4) is 0 Å². The first-order chi connectivity index (χ1) is 13.0. The number of hydrogen-bond donors (Lipinski definition) is 1. The lowest BCUT2D eigenvalue weighted by atomic mass is 10.3. The topological polar surface area (TPSA) is 99.5 Å². The number of aromatic nitrogens is 2. The molecule has 8 nitrogen and oxygen atoms in total. The molecule has 1 amide bonds. The van der Waals surface area contributed by atoms with Crippen LogP contribution < -0.4 is 5.32 Å². The Labute approximate surface area is 161 Å². The maximum absolute atomic E-state index is 12.6. The van der Waals surface area contributed by atoms with Crippen LogP contribution in [0.15, 0.2) is 24.3 Å². The van der Waals surface area contributed by atoms with Crippen LogP contribution in [-0.4, -0.2) is 52.9 Å². The van der Waals surface area contributed by atoms with Crippen LogP contribution in [0.25, 0.3) is 11.0 Å². The number of amides is 1. The quantitative estimate of drug-likeness (QED) is 0.509. The second-order valence-electron chi connectivity index (χ2n) is 5.54. The zero-order valence-electron chi connectivity index (χ0n) is 15.6. The zero-order chi connectivity index (χ0) is 19.8. The second-order valence-corrected chi connectivity index (χ2v) is 6.41.